The maximum absolute atomic E-state index is 6.38. The Hall–Kier alpha value is -4.62. The summed E-state index contributed by atoms with van der Waals surface area (Å²) in [7, 11) is 0. The van der Waals surface area contributed by atoms with Gasteiger partial charge >= 0.3 is 0 Å². The molecule has 0 fully saturated rings. The van der Waals surface area contributed by atoms with E-state index in [9.17, 15) is 0 Å². The van der Waals surface area contributed by atoms with Crippen LogP contribution in [0.1, 0.15) is 41.5 Å². The lowest BCUT2D eigenvalue weighted by Crippen LogP contribution is -2.13. The normalized spacial score (nSPS) is 14.6. The molecule has 41 heavy (non-hydrogen) atoms. The van der Waals surface area contributed by atoms with Gasteiger partial charge in [-0.25, -0.2) is 0 Å². The van der Waals surface area contributed by atoms with E-state index in [-0.39, 0.29) is 0 Å². The Balaban J connectivity index is 1.37. The first-order valence-electron chi connectivity index (χ1n) is 15.0. The van der Waals surface area contributed by atoms with Gasteiger partial charge in [0.2, 0.25) is 0 Å². The van der Waals surface area contributed by atoms with Gasteiger partial charge < -0.3 is 4.42 Å². The van der Waals surface area contributed by atoms with E-state index in [4.69, 9.17) is 4.42 Å². The Morgan fingerprint density at radius 3 is 2.15 bits per heavy atom. The number of rotatable bonds is 2. The molecule has 1 aromatic heterocycles. The molecule has 0 saturated heterocycles. The molecule has 0 saturated carbocycles. The van der Waals surface area contributed by atoms with Gasteiger partial charge in [0, 0.05) is 10.8 Å². The van der Waals surface area contributed by atoms with Crippen LogP contribution in [0.25, 0.3) is 71.8 Å². The Morgan fingerprint density at radius 2 is 1.27 bits per heavy atom. The summed E-state index contributed by atoms with van der Waals surface area (Å²) in [5.41, 5.74) is 13.7. The molecule has 0 spiro atoms. The fraction of sp³-hybridized carbons (Fsp3) is 0.150. The summed E-state index contributed by atoms with van der Waals surface area (Å²) in [4.78, 5) is 0. The maximum Gasteiger partial charge on any atom is 0.136 e. The average Bonchev–Trinajstić information content (AvgIpc) is 3.42. The molecule has 2 aliphatic carbocycles. The number of hydrogen-bond acceptors (Lipinski definition) is 1. The van der Waals surface area contributed by atoms with Crippen LogP contribution in [0.5, 0.6) is 0 Å². The van der Waals surface area contributed by atoms with E-state index < -0.39 is 0 Å². The molecule has 7 aromatic rings. The summed E-state index contributed by atoms with van der Waals surface area (Å²) in [5.74, 6) is 0. The van der Waals surface area contributed by atoms with Crippen molar-refractivity contribution in [3.05, 3.63) is 125 Å². The molecule has 0 amide bonds. The van der Waals surface area contributed by atoms with Gasteiger partial charge in [0.1, 0.15) is 11.2 Å². The van der Waals surface area contributed by atoms with Crippen LogP contribution in [0, 0.1) is 0 Å². The van der Waals surface area contributed by atoms with Crippen LogP contribution < -0.4 is 0 Å². The third-order valence-corrected chi connectivity index (χ3v) is 9.52. The van der Waals surface area contributed by atoms with Crippen molar-refractivity contribution in [2.75, 3.05) is 0 Å². The monoisotopic (exact) mass is 526 g/mol. The van der Waals surface area contributed by atoms with E-state index in [2.05, 4.69) is 109 Å². The predicted molar refractivity (Wildman–Crippen MR) is 174 cm³/mol. The molecule has 196 valence electrons. The zero-order valence-corrected chi connectivity index (χ0v) is 23.0. The highest BCUT2D eigenvalue weighted by Gasteiger charge is 2.27. The van der Waals surface area contributed by atoms with Gasteiger partial charge in [0.15, 0.2) is 0 Å². The molecule has 0 N–H and O–H groups in total. The van der Waals surface area contributed by atoms with Crippen molar-refractivity contribution in [2.24, 2.45) is 0 Å². The van der Waals surface area contributed by atoms with E-state index in [1.807, 2.05) is 0 Å². The van der Waals surface area contributed by atoms with Crippen LogP contribution in [0.15, 0.2) is 108 Å². The van der Waals surface area contributed by atoms with Gasteiger partial charge in [0.25, 0.3) is 0 Å². The van der Waals surface area contributed by atoms with Crippen LogP contribution in [-0.2, 0) is 19.3 Å². The van der Waals surface area contributed by atoms with Crippen LogP contribution >= 0.6 is 0 Å². The lowest BCUT2D eigenvalue weighted by Gasteiger charge is -2.30. The molecule has 0 radical (unpaired) electrons. The van der Waals surface area contributed by atoms with E-state index in [0.29, 0.717) is 0 Å². The fourth-order valence-electron chi connectivity index (χ4n) is 7.76. The molecule has 9 rings (SSSR count). The molecule has 0 unspecified atom stereocenters. The van der Waals surface area contributed by atoms with Gasteiger partial charge in [-0.05, 0) is 123 Å². The van der Waals surface area contributed by atoms with Crippen LogP contribution in [0.2, 0.25) is 0 Å². The minimum absolute atomic E-state index is 0.967. The second-order valence-corrected chi connectivity index (χ2v) is 11.7. The van der Waals surface area contributed by atoms with Crippen LogP contribution in [0.4, 0.5) is 0 Å². The SMILES string of the molecule is C1=Cc2c(c(-c3ccc4oc5ccc6ccccc6c5c4c3)c3c(c2-c2cccc4ccccc24)CCCC3)CC1. The Labute approximate surface area is 239 Å². The number of hydrogen-bond donors (Lipinski definition) is 0. The molecular weight excluding hydrogens is 496 g/mol. The first-order valence-corrected chi connectivity index (χ1v) is 15.0. The lowest BCUT2D eigenvalue weighted by atomic mass is 9.74. The topological polar surface area (TPSA) is 13.1 Å². The van der Waals surface area contributed by atoms with Gasteiger partial charge in [-0.15, -0.1) is 0 Å². The van der Waals surface area contributed by atoms with Crippen molar-refractivity contribution in [3.8, 4) is 22.3 Å². The maximum atomic E-state index is 6.38. The number of fused-ring (bicyclic) bond motifs is 8. The van der Waals surface area contributed by atoms with E-state index >= 15 is 0 Å². The highest BCUT2D eigenvalue weighted by molar-refractivity contribution is 6.19. The fourth-order valence-corrected chi connectivity index (χ4v) is 7.76. The predicted octanol–water partition coefficient (Wildman–Crippen LogP) is 11.1. The van der Waals surface area contributed by atoms with Crippen molar-refractivity contribution >= 4 is 49.6 Å². The number of furan rings is 1. The van der Waals surface area contributed by atoms with Crippen molar-refractivity contribution in [3.63, 3.8) is 0 Å². The summed E-state index contributed by atoms with van der Waals surface area (Å²) in [6.45, 7) is 0. The lowest BCUT2D eigenvalue weighted by molar-refractivity contribution is 0.669. The average molecular weight is 527 g/mol. The van der Waals surface area contributed by atoms with Gasteiger partial charge in [0.05, 0.1) is 0 Å². The molecule has 6 aromatic carbocycles. The first kappa shape index (κ1) is 23.1. The molecule has 0 atom stereocenters. The number of benzene rings is 6. The summed E-state index contributed by atoms with van der Waals surface area (Å²) in [5, 5.41) is 7.64. The van der Waals surface area contributed by atoms with Gasteiger partial charge in [-0.1, -0.05) is 91.0 Å². The summed E-state index contributed by atoms with van der Waals surface area (Å²) in [6, 6.07) is 35.6. The molecule has 1 heterocycles. The third-order valence-electron chi connectivity index (χ3n) is 9.52. The Morgan fingerprint density at radius 1 is 0.537 bits per heavy atom. The highest BCUT2D eigenvalue weighted by atomic mass is 16.3. The molecule has 1 nitrogen and oxygen atoms in total. The van der Waals surface area contributed by atoms with Crippen LogP contribution in [0.3, 0.4) is 0 Å². The minimum Gasteiger partial charge on any atom is -0.456 e. The van der Waals surface area contributed by atoms with E-state index in [0.717, 1.165) is 36.8 Å². The van der Waals surface area contributed by atoms with E-state index in [1.165, 1.54) is 78.5 Å². The van der Waals surface area contributed by atoms with E-state index in [1.54, 1.807) is 11.1 Å². The number of allylic oxidation sites excluding steroid dienone is 1. The Bertz CT molecular complexity index is 2200. The summed E-state index contributed by atoms with van der Waals surface area (Å²) < 4.78 is 6.38. The standard InChI is InChI=1S/C40H30O/c1-3-13-28-25(10-1)12-9-19-30(28)39-33-17-7-5-15-31(33)38(32-16-6-8-18-34(32)39)27-21-22-36-35(24-27)40-29-14-4-2-11-26(29)20-23-37(40)41-36/h1-4,7,9-14,17,19-24H,5-6,8,15-16,18H2. The molecular formula is C40H30O. The Kier molecular flexibility index (Phi) is 5.04. The summed E-state index contributed by atoms with van der Waals surface area (Å²) >= 11 is 0. The molecule has 1 heteroatoms. The third kappa shape index (κ3) is 3.42. The minimum atomic E-state index is 0.967. The van der Waals surface area contributed by atoms with Crippen molar-refractivity contribution in [1.82, 2.24) is 0 Å². The zero-order chi connectivity index (χ0) is 26.9. The second-order valence-electron chi connectivity index (χ2n) is 11.7. The van der Waals surface area contributed by atoms with Gasteiger partial charge in [-0.3, -0.25) is 0 Å². The summed E-state index contributed by atoms with van der Waals surface area (Å²) in [6.07, 6.45) is 11.8. The van der Waals surface area contributed by atoms with Crippen molar-refractivity contribution in [2.45, 2.75) is 38.5 Å². The quantitative estimate of drug-likeness (QED) is 0.218. The second kappa shape index (κ2) is 8.94. The van der Waals surface area contributed by atoms with Crippen molar-refractivity contribution in [1.29, 1.82) is 0 Å². The molecule has 0 bridgehead atoms. The smallest absolute Gasteiger partial charge is 0.136 e. The molecule has 0 aliphatic heterocycles. The highest BCUT2D eigenvalue weighted by Crippen LogP contribution is 2.48. The first-order chi connectivity index (χ1) is 20.3. The van der Waals surface area contributed by atoms with Gasteiger partial charge in [-0.2, -0.15) is 0 Å². The molecule has 2 aliphatic rings. The van der Waals surface area contributed by atoms with Crippen LogP contribution in [-0.4, -0.2) is 0 Å². The largest absolute Gasteiger partial charge is 0.456 e. The zero-order valence-electron chi connectivity index (χ0n) is 23.0. The van der Waals surface area contributed by atoms with Crippen molar-refractivity contribution < 1.29 is 4.42 Å².